The van der Waals surface area contributed by atoms with E-state index in [1.54, 1.807) is 6.07 Å². The summed E-state index contributed by atoms with van der Waals surface area (Å²) in [5.41, 5.74) is 2.92. The van der Waals surface area contributed by atoms with Crippen molar-refractivity contribution >= 4 is 23.3 Å². The van der Waals surface area contributed by atoms with Gasteiger partial charge in [0, 0.05) is 17.6 Å². The molecule has 1 amide bonds. The minimum atomic E-state index is -0.213. The highest BCUT2D eigenvalue weighted by molar-refractivity contribution is 6.28. The zero-order valence-corrected chi connectivity index (χ0v) is 18.7. The van der Waals surface area contributed by atoms with Crippen LogP contribution in [0.4, 0.5) is 5.82 Å². The molecule has 0 radical (unpaired) electrons. The molecule has 2 aromatic rings. The van der Waals surface area contributed by atoms with E-state index in [0.29, 0.717) is 5.82 Å². The number of fused-ring (bicyclic) bond motifs is 1. The minimum absolute atomic E-state index is 0.0701. The second-order valence-electron chi connectivity index (χ2n) is 9.84. The number of halogens is 1. The molecule has 6 heteroatoms. The number of carbonyl (C=O) groups is 1. The van der Waals surface area contributed by atoms with Gasteiger partial charge in [-0.1, -0.05) is 45.0 Å². The van der Waals surface area contributed by atoms with Crippen LogP contribution in [-0.2, 0) is 12.8 Å². The fraction of sp³-hybridized carbons (Fsp3) is 0.522. The van der Waals surface area contributed by atoms with Gasteiger partial charge in [-0.25, -0.2) is 9.97 Å². The van der Waals surface area contributed by atoms with Gasteiger partial charge in [-0.15, -0.1) is 0 Å². The van der Waals surface area contributed by atoms with Crippen molar-refractivity contribution in [3.63, 3.8) is 0 Å². The molecule has 1 aliphatic carbocycles. The van der Waals surface area contributed by atoms with E-state index in [9.17, 15) is 4.79 Å². The number of aryl methyl sites for hydroxylation is 1. The maximum Gasteiger partial charge on any atom is 0.270 e. The van der Waals surface area contributed by atoms with Gasteiger partial charge < -0.3 is 10.6 Å². The molecule has 2 N–H and O–H groups in total. The van der Waals surface area contributed by atoms with Crippen LogP contribution in [0.3, 0.4) is 0 Å². The van der Waals surface area contributed by atoms with Crippen molar-refractivity contribution in [2.45, 2.75) is 71.9 Å². The third-order valence-corrected chi connectivity index (χ3v) is 5.22. The number of rotatable bonds is 5. The second-order valence-corrected chi connectivity index (χ2v) is 10.2. The number of hydrogen-bond donors (Lipinski definition) is 2. The van der Waals surface area contributed by atoms with Crippen LogP contribution < -0.4 is 10.6 Å². The highest BCUT2D eigenvalue weighted by Crippen LogP contribution is 2.29. The lowest BCUT2D eigenvalue weighted by molar-refractivity contribution is 0.0928. The third kappa shape index (κ3) is 6.17. The number of amides is 1. The van der Waals surface area contributed by atoms with E-state index in [2.05, 4.69) is 73.4 Å². The van der Waals surface area contributed by atoms with E-state index < -0.39 is 0 Å². The number of nitrogens with one attached hydrogen (secondary N) is 2. The number of anilines is 1. The molecule has 1 aromatic carbocycles. The maximum absolute atomic E-state index is 12.8. The summed E-state index contributed by atoms with van der Waals surface area (Å²) in [5, 5.41) is 6.60. The van der Waals surface area contributed by atoms with Crippen LogP contribution >= 0.6 is 11.6 Å². The number of benzene rings is 1. The van der Waals surface area contributed by atoms with Crippen molar-refractivity contribution in [3.05, 3.63) is 52.4 Å². The first-order chi connectivity index (χ1) is 13.5. The number of aromatic nitrogens is 2. The SMILES string of the molecule is CC(C)(C)CC(C)(C)Nc1cc(C(=O)NC2CCc3ccccc3C2)nc(Cl)n1. The van der Waals surface area contributed by atoms with Gasteiger partial charge in [-0.2, -0.15) is 0 Å². The van der Waals surface area contributed by atoms with Crippen molar-refractivity contribution in [1.82, 2.24) is 15.3 Å². The fourth-order valence-corrected chi connectivity index (χ4v) is 4.58. The second kappa shape index (κ2) is 8.31. The fourth-order valence-electron chi connectivity index (χ4n) is 4.40. The standard InChI is InChI=1S/C23H31ClN4O/c1-22(2,3)14-23(4,5)28-19-13-18(26-21(24)27-19)20(29)25-17-11-10-15-8-6-7-9-16(15)12-17/h6-9,13,17H,10-12,14H2,1-5H3,(H,25,29)(H,26,27,28). The number of hydrogen-bond acceptors (Lipinski definition) is 4. The lowest BCUT2D eigenvalue weighted by atomic mass is 9.82. The molecule has 0 saturated carbocycles. The Morgan fingerprint density at radius 1 is 1.14 bits per heavy atom. The molecule has 1 heterocycles. The van der Waals surface area contributed by atoms with Gasteiger partial charge in [0.05, 0.1) is 0 Å². The zero-order chi connectivity index (χ0) is 21.2. The van der Waals surface area contributed by atoms with Crippen molar-refractivity contribution < 1.29 is 4.79 Å². The molecule has 1 atom stereocenters. The molecule has 0 aliphatic heterocycles. The molecule has 156 valence electrons. The number of nitrogens with zero attached hydrogens (tertiary/aromatic N) is 2. The molecular formula is C23H31ClN4O. The molecule has 29 heavy (non-hydrogen) atoms. The molecule has 0 fully saturated rings. The molecule has 0 bridgehead atoms. The van der Waals surface area contributed by atoms with Crippen LogP contribution in [0.1, 0.15) is 69.1 Å². The summed E-state index contributed by atoms with van der Waals surface area (Å²) in [5.74, 6) is 0.355. The Labute approximate surface area is 178 Å². The summed E-state index contributed by atoms with van der Waals surface area (Å²) in [7, 11) is 0. The van der Waals surface area contributed by atoms with Crippen molar-refractivity contribution in [2.75, 3.05) is 5.32 Å². The highest BCUT2D eigenvalue weighted by atomic mass is 35.5. The van der Waals surface area contributed by atoms with Gasteiger partial charge in [-0.3, -0.25) is 4.79 Å². The molecule has 3 rings (SSSR count). The topological polar surface area (TPSA) is 66.9 Å². The van der Waals surface area contributed by atoms with Crippen molar-refractivity contribution in [2.24, 2.45) is 5.41 Å². The smallest absolute Gasteiger partial charge is 0.270 e. The van der Waals surface area contributed by atoms with Gasteiger partial charge in [0.25, 0.3) is 5.91 Å². The molecular weight excluding hydrogens is 384 g/mol. The van der Waals surface area contributed by atoms with Gasteiger partial charge in [0.15, 0.2) is 0 Å². The van der Waals surface area contributed by atoms with E-state index in [1.165, 1.54) is 11.1 Å². The molecule has 5 nitrogen and oxygen atoms in total. The molecule has 1 unspecified atom stereocenters. The van der Waals surface area contributed by atoms with Crippen LogP contribution in [0.5, 0.6) is 0 Å². The van der Waals surface area contributed by atoms with Crippen LogP contribution in [-0.4, -0.2) is 27.5 Å². The lowest BCUT2D eigenvalue weighted by Crippen LogP contribution is -2.39. The van der Waals surface area contributed by atoms with E-state index in [1.807, 2.05) is 6.07 Å². The van der Waals surface area contributed by atoms with Gasteiger partial charge in [0.2, 0.25) is 5.28 Å². The summed E-state index contributed by atoms with van der Waals surface area (Å²) in [4.78, 5) is 21.3. The first kappa shape index (κ1) is 21.6. The predicted molar refractivity (Wildman–Crippen MR) is 119 cm³/mol. The lowest BCUT2D eigenvalue weighted by Gasteiger charge is -2.33. The van der Waals surface area contributed by atoms with Gasteiger partial charge >= 0.3 is 0 Å². The van der Waals surface area contributed by atoms with Crippen LogP contribution in [0, 0.1) is 5.41 Å². The Morgan fingerprint density at radius 2 is 1.83 bits per heavy atom. The van der Waals surface area contributed by atoms with E-state index in [-0.39, 0.29) is 33.9 Å². The third-order valence-electron chi connectivity index (χ3n) is 5.05. The Hall–Kier alpha value is -2.14. The van der Waals surface area contributed by atoms with Crippen LogP contribution in [0.15, 0.2) is 30.3 Å². The highest BCUT2D eigenvalue weighted by Gasteiger charge is 2.27. The summed E-state index contributed by atoms with van der Waals surface area (Å²) in [6.45, 7) is 10.8. The average molecular weight is 415 g/mol. The molecule has 1 aromatic heterocycles. The summed E-state index contributed by atoms with van der Waals surface area (Å²) < 4.78 is 0. The quantitative estimate of drug-likeness (QED) is 0.672. The average Bonchev–Trinajstić information content (AvgIpc) is 2.58. The van der Waals surface area contributed by atoms with Crippen molar-refractivity contribution in [3.8, 4) is 0 Å². The monoisotopic (exact) mass is 414 g/mol. The summed E-state index contributed by atoms with van der Waals surface area (Å²) >= 11 is 6.12. The van der Waals surface area contributed by atoms with Crippen LogP contribution in [0.2, 0.25) is 5.28 Å². The molecule has 0 spiro atoms. The summed E-state index contributed by atoms with van der Waals surface area (Å²) in [6, 6.07) is 10.2. The number of carbonyl (C=O) groups excluding carboxylic acids is 1. The normalized spacial score (nSPS) is 16.8. The minimum Gasteiger partial charge on any atom is -0.365 e. The Kier molecular flexibility index (Phi) is 6.18. The van der Waals surface area contributed by atoms with Crippen LogP contribution in [0.25, 0.3) is 0 Å². The van der Waals surface area contributed by atoms with E-state index in [0.717, 1.165) is 25.7 Å². The van der Waals surface area contributed by atoms with Gasteiger partial charge in [-0.05, 0) is 67.7 Å². The van der Waals surface area contributed by atoms with Gasteiger partial charge in [0.1, 0.15) is 11.5 Å². The maximum atomic E-state index is 12.8. The van der Waals surface area contributed by atoms with E-state index in [4.69, 9.17) is 11.6 Å². The largest absolute Gasteiger partial charge is 0.365 e. The Morgan fingerprint density at radius 3 is 2.52 bits per heavy atom. The van der Waals surface area contributed by atoms with Crippen molar-refractivity contribution in [1.29, 1.82) is 0 Å². The first-order valence-electron chi connectivity index (χ1n) is 10.2. The Bertz CT molecular complexity index is 889. The predicted octanol–water partition coefficient (Wildman–Crippen LogP) is 5.04. The Balaban J connectivity index is 1.70. The zero-order valence-electron chi connectivity index (χ0n) is 18.0. The molecule has 0 saturated heterocycles. The first-order valence-corrected chi connectivity index (χ1v) is 10.6. The van der Waals surface area contributed by atoms with E-state index >= 15 is 0 Å². The summed E-state index contributed by atoms with van der Waals surface area (Å²) in [6.07, 6.45) is 3.67. The molecule has 1 aliphatic rings.